The molecule has 2 N–H and O–H groups in total. The van der Waals surface area contributed by atoms with Gasteiger partial charge in [0.1, 0.15) is 0 Å². The van der Waals surface area contributed by atoms with Gasteiger partial charge in [0.25, 0.3) is 0 Å². The topological polar surface area (TPSA) is 44.9 Å². The lowest BCUT2D eigenvalue weighted by Gasteiger charge is -2.33. The minimum absolute atomic E-state index is 0.703. The van der Waals surface area contributed by atoms with Gasteiger partial charge >= 0.3 is 0 Å². The minimum Gasteiger partial charge on any atom is -0.370 e. The van der Waals surface area contributed by atoms with Gasteiger partial charge in [0.15, 0.2) is 5.96 Å². The Morgan fingerprint density at radius 3 is 2.74 bits per heavy atom. The van der Waals surface area contributed by atoms with Crippen LogP contribution < -0.4 is 5.73 Å². The summed E-state index contributed by atoms with van der Waals surface area (Å²) in [6.45, 7) is 11.3. The Bertz CT molecular complexity index is 303. The highest BCUT2D eigenvalue weighted by Crippen LogP contribution is 2.17. The zero-order valence-corrected chi connectivity index (χ0v) is 12.6. The maximum atomic E-state index is 6.16. The standard InChI is InChI=1S/C15H30N4/c1-3-18-8-5-7-14(12-18)10-17-15(16)19-9-4-6-13(2)11-19/h13-14H,3-12H2,1-2H3,(H2,16,17). The minimum atomic E-state index is 0.703. The predicted octanol–water partition coefficient (Wildman–Crippen LogP) is 1.76. The number of piperidine rings is 2. The smallest absolute Gasteiger partial charge is 0.191 e. The molecule has 2 fully saturated rings. The summed E-state index contributed by atoms with van der Waals surface area (Å²) in [5, 5.41) is 0. The molecule has 2 saturated heterocycles. The Kier molecular flexibility index (Phi) is 5.49. The third-order valence-corrected chi connectivity index (χ3v) is 4.54. The van der Waals surface area contributed by atoms with E-state index in [1.807, 2.05) is 0 Å². The molecule has 0 bridgehead atoms. The molecule has 0 spiro atoms. The summed E-state index contributed by atoms with van der Waals surface area (Å²) >= 11 is 0. The number of nitrogens with two attached hydrogens (primary N) is 1. The van der Waals surface area contributed by atoms with Crippen molar-refractivity contribution in [3.8, 4) is 0 Å². The van der Waals surface area contributed by atoms with Crippen molar-refractivity contribution in [2.24, 2.45) is 22.6 Å². The van der Waals surface area contributed by atoms with Crippen LogP contribution in [0, 0.1) is 11.8 Å². The van der Waals surface area contributed by atoms with Gasteiger partial charge in [-0.15, -0.1) is 0 Å². The third kappa shape index (κ3) is 4.37. The molecule has 19 heavy (non-hydrogen) atoms. The summed E-state index contributed by atoms with van der Waals surface area (Å²) in [6.07, 6.45) is 5.21. The van der Waals surface area contributed by atoms with E-state index in [0.29, 0.717) is 5.92 Å². The van der Waals surface area contributed by atoms with Gasteiger partial charge in [-0.05, 0) is 50.6 Å². The molecule has 2 rings (SSSR count). The molecule has 0 amide bonds. The average Bonchev–Trinajstić information content (AvgIpc) is 2.45. The molecule has 4 nitrogen and oxygen atoms in total. The third-order valence-electron chi connectivity index (χ3n) is 4.54. The largest absolute Gasteiger partial charge is 0.370 e. The number of rotatable bonds is 3. The molecule has 4 heteroatoms. The highest BCUT2D eigenvalue weighted by molar-refractivity contribution is 5.78. The van der Waals surface area contributed by atoms with Crippen LogP contribution in [0.2, 0.25) is 0 Å². The van der Waals surface area contributed by atoms with Crippen molar-refractivity contribution in [2.75, 3.05) is 39.3 Å². The molecule has 2 aliphatic heterocycles. The first kappa shape index (κ1) is 14.6. The van der Waals surface area contributed by atoms with Crippen molar-refractivity contribution < 1.29 is 0 Å². The molecule has 2 unspecified atom stereocenters. The lowest BCUT2D eigenvalue weighted by Crippen LogP contribution is -2.44. The Morgan fingerprint density at radius 2 is 2.00 bits per heavy atom. The van der Waals surface area contributed by atoms with Crippen molar-refractivity contribution in [1.29, 1.82) is 0 Å². The fourth-order valence-electron chi connectivity index (χ4n) is 3.31. The summed E-state index contributed by atoms with van der Waals surface area (Å²) < 4.78 is 0. The number of hydrogen-bond donors (Lipinski definition) is 1. The number of guanidine groups is 1. The summed E-state index contributed by atoms with van der Waals surface area (Å²) in [7, 11) is 0. The quantitative estimate of drug-likeness (QED) is 0.625. The molecule has 0 aromatic carbocycles. The van der Waals surface area contributed by atoms with Crippen molar-refractivity contribution in [3.63, 3.8) is 0 Å². The van der Waals surface area contributed by atoms with Crippen LogP contribution in [0.25, 0.3) is 0 Å². The maximum absolute atomic E-state index is 6.16. The monoisotopic (exact) mass is 266 g/mol. The van der Waals surface area contributed by atoms with Crippen LogP contribution in [0.3, 0.4) is 0 Å². The van der Waals surface area contributed by atoms with Crippen LogP contribution in [0.4, 0.5) is 0 Å². The summed E-state index contributed by atoms with van der Waals surface area (Å²) in [5.74, 6) is 2.24. The summed E-state index contributed by atoms with van der Waals surface area (Å²) in [5.41, 5.74) is 6.16. The molecule has 0 radical (unpaired) electrons. The molecule has 110 valence electrons. The highest BCUT2D eigenvalue weighted by atomic mass is 15.3. The second-order valence-corrected chi connectivity index (χ2v) is 6.29. The first-order chi connectivity index (χ1) is 9.19. The Morgan fingerprint density at radius 1 is 1.21 bits per heavy atom. The van der Waals surface area contributed by atoms with E-state index < -0.39 is 0 Å². The van der Waals surface area contributed by atoms with E-state index in [1.165, 1.54) is 45.3 Å². The van der Waals surface area contributed by atoms with E-state index in [4.69, 9.17) is 5.73 Å². The zero-order chi connectivity index (χ0) is 13.7. The van der Waals surface area contributed by atoms with Crippen LogP contribution in [0.15, 0.2) is 4.99 Å². The summed E-state index contributed by atoms with van der Waals surface area (Å²) in [4.78, 5) is 9.47. The van der Waals surface area contributed by atoms with Crippen molar-refractivity contribution in [1.82, 2.24) is 9.80 Å². The first-order valence-electron chi connectivity index (χ1n) is 7.96. The van der Waals surface area contributed by atoms with E-state index in [-0.39, 0.29) is 0 Å². The number of nitrogens with zero attached hydrogens (tertiary/aromatic N) is 3. The molecule has 0 aromatic rings. The molecule has 2 atom stereocenters. The van der Waals surface area contributed by atoms with Crippen LogP contribution in [-0.4, -0.2) is 55.0 Å². The van der Waals surface area contributed by atoms with E-state index in [0.717, 1.165) is 31.5 Å². The number of likely N-dealkylation sites (tertiary alicyclic amines) is 2. The van der Waals surface area contributed by atoms with Crippen molar-refractivity contribution in [3.05, 3.63) is 0 Å². The van der Waals surface area contributed by atoms with E-state index in [1.54, 1.807) is 0 Å². The predicted molar refractivity (Wildman–Crippen MR) is 81.3 cm³/mol. The van der Waals surface area contributed by atoms with Gasteiger partial charge in [-0.1, -0.05) is 13.8 Å². The van der Waals surface area contributed by atoms with E-state index in [2.05, 4.69) is 28.6 Å². The SMILES string of the molecule is CCN1CCCC(CN=C(N)N2CCCC(C)C2)C1. The van der Waals surface area contributed by atoms with Gasteiger partial charge in [0, 0.05) is 26.2 Å². The molecular formula is C15H30N4. The second-order valence-electron chi connectivity index (χ2n) is 6.29. The van der Waals surface area contributed by atoms with Crippen LogP contribution in [-0.2, 0) is 0 Å². The van der Waals surface area contributed by atoms with Gasteiger partial charge in [0.05, 0.1) is 0 Å². The molecule has 2 heterocycles. The van der Waals surface area contributed by atoms with Crippen LogP contribution in [0.5, 0.6) is 0 Å². The van der Waals surface area contributed by atoms with Crippen LogP contribution >= 0.6 is 0 Å². The van der Waals surface area contributed by atoms with Gasteiger partial charge in [0.2, 0.25) is 0 Å². The Hall–Kier alpha value is -0.770. The molecule has 0 saturated carbocycles. The summed E-state index contributed by atoms with van der Waals surface area (Å²) in [6, 6.07) is 0. The van der Waals surface area contributed by atoms with Gasteiger partial charge in [-0.25, -0.2) is 0 Å². The molecule has 0 aromatic heterocycles. The fourth-order valence-corrected chi connectivity index (χ4v) is 3.31. The first-order valence-corrected chi connectivity index (χ1v) is 7.96. The zero-order valence-electron chi connectivity index (χ0n) is 12.6. The number of aliphatic imine (C=N–C) groups is 1. The second kappa shape index (κ2) is 7.13. The van der Waals surface area contributed by atoms with Gasteiger partial charge in [-0.3, -0.25) is 4.99 Å². The van der Waals surface area contributed by atoms with E-state index in [9.17, 15) is 0 Å². The Balaban J connectivity index is 1.80. The normalized spacial score (nSPS) is 30.6. The van der Waals surface area contributed by atoms with Gasteiger partial charge in [-0.2, -0.15) is 0 Å². The van der Waals surface area contributed by atoms with Crippen molar-refractivity contribution in [2.45, 2.75) is 39.5 Å². The Labute approximate surface area is 118 Å². The molecule has 2 aliphatic rings. The van der Waals surface area contributed by atoms with E-state index >= 15 is 0 Å². The lowest BCUT2D eigenvalue weighted by molar-refractivity contribution is 0.186. The fraction of sp³-hybridized carbons (Fsp3) is 0.933. The maximum Gasteiger partial charge on any atom is 0.191 e. The molecular weight excluding hydrogens is 236 g/mol. The molecule has 0 aliphatic carbocycles. The van der Waals surface area contributed by atoms with Crippen molar-refractivity contribution >= 4 is 5.96 Å². The van der Waals surface area contributed by atoms with Crippen LogP contribution in [0.1, 0.15) is 39.5 Å². The number of hydrogen-bond acceptors (Lipinski definition) is 2. The average molecular weight is 266 g/mol. The highest BCUT2D eigenvalue weighted by Gasteiger charge is 2.20. The lowest BCUT2D eigenvalue weighted by atomic mass is 9.98. The van der Waals surface area contributed by atoms with Gasteiger partial charge < -0.3 is 15.5 Å².